The van der Waals surface area contributed by atoms with Crippen LogP contribution in [0.25, 0.3) is 10.9 Å². The molecule has 20 heavy (non-hydrogen) atoms. The maximum atomic E-state index is 12.4. The minimum atomic E-state index is -0.0847. The fraction of sp³-hybridized carbons (Fsp3) is 0.333. The number of nitrogens with zero attached hydrogens (tertiary/aromatic N) is 1. The van der Waals surface area contributed by atoms with E-state index in [1.165, 1.54) is 0 Å². The second-order valence-electron chi connectivity index (χ2n) is 4.65. The zero-order valence-electron chi connectivity index (χ0n) is 11.8. The fourth-order valence-corrected chi connectivity index (χ4v) is 2.15. The first-order chi connectivity index (χ1) is 9.65. The number of benzene rings is 1. The predicted molar refractivity (Wildman–Crippen MR) is 78.8 cm³/mol. The summed E-state index contributed by atoms with van der Waals surface area (Å²) >= 11 is 0. The van der Waals surface area contributed by atoms with Gasteiger partial charge < -0.3 is 10.3 Å². The number of hydrogen-bond donors (Lipinski definition) is 2. The lowest BCUT2D eigenvalue weighted by atomic mass is 10.1. The molecule has 0 saturated heterocycles. The third-order valence-corrected chi connectivity index (χ3v) is 3.35. The molecule has 0 aliphatic heterocycles. The van der Waals surface area contributed by atoms with Crippen LogP contribution in [-0.2, 0) is 4.79 Å². The highest BCUT2D eigenvalue weighted by Gasteiger charge is 2.16. The number of nitrogens with one attached hydrogen (secondary N) is 2. The molecule has 1 heterocycles. The average Bonchev–Trinajstić information content (AvgIpc) is 2.90. The number of aromatic nitrogens is 1. The van der Waals surface area contributed by atoms with E-state index in [-0.39, 0.29) is 24.8 Å². The van der Waals surface area contributed by atoms with Crippen LogP contribution in [0.3, 0.4) is 0 Å². The summed E-state index contributed by atoms with van der Waals surface area (Å²) in [6.45, 7) is 3.07. The Morgan fingerprint density at radius 2 is 2.00 bits per heavy atom. The highest BCUT2D eigenvalue weighted by molar-refractivity contribution is 6.08. The number of likely N-dealkylation sites (N-methyl/N-ethyl adjacent to an activating group) is 2. The molecular weight excluding hydrogens is 254 g/mol. The van der Waals surface area contributed by atoms with Crippen molar-refractivity contribution in [1.82, 2.24) is 15.2 Å². The highest BCUT2D eigenvalue weighted by Crippen LogP contribution is 2.18. The zero-order valence-corrected chi connectivity index (χ0v) is 11.8. The zero-order chi connectivity index (χ0) is 14.5. The van der Waals surface area contributed by atoms with Crippen molar-refractivity contribution in [3.8, 4) is 0 Å². The fourth-order valence-electron chi connectivity index (χ4n) is 2.15. The summed E-state index contributed by atoms with van der Waals surface area (Å²) in [6, 6.07) is 7.70. The van der Waals surface area contributed by atoms with Gasteiger partial charge in [-0.05, 0) is 12.6 Å². The van der Waals surface area contributed by atoms with Gasteiger partial charge in [-0.3, -0.25) is 14.5 Å². The van der Waals surface area contributed by atoms with Gasteiger partial charge >= 0.3 is 0 Å². The van der Waals surface area contributed by atoms with Gasteiger partial charge in [0.1, 0.15) is 0 Å². The van der Waals surface area contributed by atoms with Crippen LogP contribution < -0.4 is 5.32 Å². The van der Waals surface area contributed by atoms with Crippen LogP contribution in [-0.4, -0.2) is 48.3 Å². The molecule has 1 aromatic heterocycles. The number of aromatic amines is 1. The van der Waals surface area contributed by atoms with Crippen LogP contribution in [0.2, 0.25) is 0 Å². The maximum absolute atomic E-state index is 12.4. The number of carbonyl (C=O) groups excluding carboxylic acids is 2. The molecule has 1 aromatic carbocycles. The van der Waals surface area contributed by atoms with Crippen LogP contribution in [0.5, 0.6) is 0 Å². The highest BCUT2D eigenvalue weighted by atomic mass is 16.2. The van der Waals surface area contributed by atoms with Crippen molar-refractivity contribution in [3.05, 3.63) is 36.0 Å². The van der Waals surface area contributed by atoms with E-state index < -0.39 is 0 Å². The molecule has 0 bridgehead atoms. The van der Waals surface area contributed by atoms with Gasteiger partial charge in [0.05, 0.1) is 13.1 Å². The van der Waals surface area contributed by atoms with Crippen molar-refractivity contribution in [1.29, 1.82) is 0 Å². The lowest BCUT2D eigenvalue weighted by molar-refractivity contribution is -0.121. The van der Waals surface area contributed by atoms with Crippen molar-refractivity contribution in [2.45, 2.75) is 6.92 Å². The lowest BCUT2D eigenvalue weighted by Gasteiger charge is -2.18. The molecule has 0 saturated carbocycles. The molecule has 0 fully saturated rings. The van der Waals surface area contributed by atoms with Gasteiger partial charge in [0.15, 0.2) is 5.78 Å². The number of para-hydroxylation sites is 1. The molecule has 2 rings (SSSR count). The molecular formula is C15H19N3O2. The SMILES string of the molecule is CCN(CC(=O)NC)CC(=O)c1c[nH]c2ccccc12. The summed E-state index contributed by atoms with van der Waals surface area (Å²) < 4.78 is 0. The third-order valence-electron chi connectivity index (χ3n) is 3.35. The van der Waals surface area contributed by atoms with E-state index in [1.807, 2.05) is 36.1 Å². The summed E-state index contributed by atoms with van der Waals surface area (Å²) in [7, 11) is 1.59. The summed E-state index contributed by atoms with van der Waals surface area (Å²) in [5, 5.41) is 3.49. The number of hydrogen-bond acceptors (Lipinski definition) is 3. The second kappa shape index (κ2) is 6.34. The van der Waals surface area contributed by atoms with Crippen LogP contribution in [0.1, 0.15) is 17.3 Å². The van der Waals surface area contributed by atoms with Crippen molar-refractivity contribution in [2.24, 2.45) is 0 Å². The first-order valence-electron chi connectivity index (χ1n) is 6.68. The van der Waals surface area contributed by atoms with E-state index in [0.29, 0.717) is 12.1 Å². The number of H-pyrrole nitrogens is 1. The second-order valence-corrected chi connectivity index (χ2v) is 4.65. The van der Waals surface area contributed by atoms with Gasteiger partial charge in [-0.2, -0.15) is 0 Å². The molecule has 2 N–H and O–H groups in total. The monoisotopic (exact) mass is 273 g/mol. The molecule has 0 atom stereocenters. The third kappa shape index (κ3) is 3.05. The van der Waals surface area contributed by atoms with E-state index in [4.69, 9.17) is 0 Å². The van der Waals surface area contributed by atoms with E-state index in [2.05, 4.69) is 10.3 Å². The van der Waals surface area contributed by atoms with Gasteiger partial charge in [-0.15, -0.1) is 0 Å². The van der Waals surface area contributed by atoms with Crippen LogP contribution in [0.4, 0.5) is 0 Å². The molecule has 0 radical (unpaired) electrons. The molecule has 0 aliphatic carbocycles. The predicted octanol–water partition coefficient (Wildman–Crippen LogP) is 1.42. The Labute approximate surface area is 118 Å². The quantitative estimate of drug-likeness (QED) is 0.782. The van der Waals surface area contributed by atoms with E-state index in [0.717, 1.165) is 10.9 Å². The van der Waals surface area contributed by atoms with Crippen LogP contribution in [0.15, 0.2) is 30.5 Å². The minimum absolute atomic E-state index is 0.0215. The van der Waals surface area contributed by atoms with Crippen molar-refractivity contribution in [3.63, 3.8) is 0 Å². The Morgan fingerprint density at radius 3 is 2.70 bits per heavy atom. The Bertz CT molecular complexity index is 618. The lowest BCUT2D eigenvalue weighted by Crippen LogP contribution is -2.38. The normalized spacial score (nSPS) is 10.9. The molecule has 0 spiro atoms. The van der Waals surface area contributed by atoms with E-state index in [1.54, 1.807) is 13.2 Å². The van der Waals surface area contributed by atoms with Gasteiger partial charge in [0, 0.05) is 29.7 Å². The number of rotatable bonds is 6. The van der Waals surface area contributed by atoms with Crippen LogP contribution in [0, 0.1) is 0 Å². The summed E-state index contributed by atoms with van der Waals surface area (Å²) in [5.41, 5.74) is 1.63. The standard InChI is InChI=1S/C15H19N3O2/c1-3-18(10-15(20)16-2)9-14(19)12-8-17-13-7-5-4-6-11(12)13/h4-8,17H,3,9-10H2,1-2H3,(H,16,20). The minimum Gasteiger partial charge on any atom is -0.360 e. The van der Waals surface area contributed by atoms with Gasteiger partial charge in [0.25, 0.3) is 0 Å². The topological polar surface area (TPSA) is 65.2 Å². The summed E-state index contributed by atoms with van der Waals surface area (Å²) in [6.07, 6.45) is 1.74. The average molecular weight is 273 g/mol. The molecule has 5 nitrogen and oxygen atoms in total. The van der Waals surface area contributed by atoms with Crippen LogP contribution >= 0.6 is 0 Å². The van der Waals surface area contributed by atoms with Crippen molar-refractivity contribution < 1.29 is 9.59 Å². The van der Waals surface area contributed by atoms with E-state index >= 15 is 0 Å². The molecule has 106 valence electrons. The summed E-state index contributed by atoms with van der Waals surface area (Å²) in [5.74, 6) is -0.0632. The van der Waals surface area contributed by atoms with Gasteiger partial charge in [-0.25, -0.2) is 0 Å². The molecule has 2 aromatic rings. The smallest absolute Gasteiger partial charge is 0.233 e. The number of amides is 1. The summed E-state index contributed by atoms with van der Waals surface area (Å²) in [4.78, 5) is 28.7. The van der Waals surface area contributed by atoms with E-state index in [9.17, 15) is 9.59 Å². The number of Topliss-reactive ketones (excluding diaryl/α,β-unsaturated/α-hetero) is 1. The Morgan fingerprint density at radius 1 is 1.25 bits per heavy atom. The molecule has 0 unspecified atom stereocenters. The molecule has 5 heteroatoms. The maximum Gasteiger partial charge on any atom is 0.233 e. The number of carbonyl (C=O) groups is 2. The Hall–Kier alpha value is -2.14. The molecule has 1 amide bonds. The first kappa shape index (κ1) is 14.3. The van der Waals surface area contributed by atoms with Crippen molar-refractivity contribution >= 4 is 22.6 Å². The molecule has 0 aliphatic rings. The van der Waals surface area contributed by atoms with Gasteiger partial charge in [-0.1, -0.05) is 25.1 Å². The number of fused-ring (bicyclic) bond motifs is 1. The van der Waals surface area contributed by atoms with Gasteiger partial charge in [0.2, 0.25) is 5.91 Å². The Balaban J connectivity index is 2.12. The van der Waals surface area contributed by atoms with Crippen molar-refractivity contribution in [2.75, 3.05) is 26.7 Å². The first-order valence-corrected chi connectivity index (χ1v) is 6.68. The largest absolute Gasteiger partial charge is 0.360 e. The Kier molecular flexibility index (Phi) is 4.53. The number of ketones is 1.